The zero-order valence-corrected chi connectivity index (χ0v) is 15.4. The number of hydrogen-bond donors (Lipinski definition) is 1. The van der Waals surface area contributed by atoms with Gasteiger partial charge in [-0.2, -0.15) is 0 Å². The maximum absolute atomic E-state index is 11.3. The minimum absolute atomic E-state index is 0.0342. The van der Waals surface area contributed by atoms with Gasteiger partial charge in [-0.05, 0) is 55.5 Å². The molecule has 0 saturated carbocycles. The molecule has 0 bridgehead atoms. The summed E-state index contributed by atoms with van der Waals surface area (Å²) in [6, 6.07) is 16.4. The van der Waals surface area contributed by atoms with E-state index in [0.29, 0.717) is 0 Å². The van der Waals surface area contributed by atoms with Crippen LogP contribution in [0.3, 0.4) is 0 Å². The summed E-state index contributed by atoms with van der Waals surface area (Å²) in [6.07, 6.45) is 3.26. The van der Waals surface area contributed by atoms with Crippen molar-refractivity contribution in [2.75, 3.05) is 7.11 Å². The van der Waals surface area contributed by atoms with Gasteiger partial charge in [0.2, 0.25) is 0 Å². The number of benzene rings is 2. The number of ether oxygens (including phenoxy) is 1. The molecule has 0 radical (unpaired) electrons. The van der Waals surface area contributed by atoms with Crippen molar-refractivity contribution >= 4 is 16.9 Å². The number of carboxylic acid groups (broad SMARTS) is 1. The number of aryl methyl sites for hydroxylation is 2. The summed E-state index contributed by atoms with van der Waals surface area (Å²) in [5.74, 6) is -0.0515. The Bertz CT molecular complexity index is 897. The molecule has 0 spiro atoms. The third-order valence-corrected chi connectivity index (χ3v) is 4.93. The van der Waals surface area contributed by atoms with Crippen molar-refractivity contribution in [3.63, 3.8) is 0 Å². The van der Waals surface area contributed by atoms with E-state index in [0.717, 1.165) is 53.7 Å². The molecule has 0 atom stereocenters. The molecular weight excluding hydrogens is 326 g/mol. The fourth-order valence-electron chi connectivity index (χ4n) is 3.56. The van der Waals surface area contributed by atoms with Gasteiger partial charge < -0.3 is 14.4 Å². The summed E-state index contributed by atoms with van der Waals surface area (Å²) >= 11 is 0. The molecule has 1 N–H and O–H groups in total. The molecule has 0 unspecified atom stereocenters. The molecule has 136 valence electrons. The molecule has 0 aliphatic rings. The standard InChI is InChI=1S/C22H25NO3/c1-16-19(15-22(24)25)20-14-18(26-2)11-12-21(20)23(16)13-7-6-10-17-8-4-3-5-9-17/h3-5,8-9,11-12,14H,6-7,10,13,15H2,1-2H3,(H,24,25). The Labute approximate surface area is 154 Å². The molecular formula is C22H25NO3. The highest BCUT2D eigenvalue weighted by molar-refractivity contribution is 5.90. The summed E-state index contributed by atoms with van der Waals surface area (Å²) in [7, 11) is 1.63. The van der Waals surface area contributed by atoms with Gasteiger partial charge in [-0.3, -0.25) is 4.79 Å². The Morgan fingerprint density at radius 1 is 1.12 bits per heavy atom. The van der Waals surface area contributed by atoms with Crippen LogP contribution in [0.1, 0.15) is 29.7 Å². The van der Waals surface area contributed by atoms with Crippen LogP contribution in [0.5, 0.6) is 5.75 Å². The molecule has 0 saturated heterocycles. The average molecular weight is 351 g/mol. The van der Waals surface area contributed by atoms with Crippen molar-refractivity contribution in [2.45, 2.75) is 39.2 Å². The molecule has 1 aromatic heterocycles. The van der Waals surface area contributed by atoms with E-state index in [4.69, 9.17) is 4.74 Å². The van der Waals surface area contributed by atoms with Crippen molar-refractivity contribution in [1.29, 1.82) is 0 Å². The monoisotopic (exact) mass is 351 g/mol. The molecule has 0 aliphatic heterocycles. The van der Waals surface area contributed by atoms with Gasteiger partial charge in [0, 0.05) is 23.1 Å². The zero-order chi connectivity index (χ0) is 18.5. The van der Waals surface area contributed by atoms with Crippen molar-refractivity contribution in [3.05, 3.63) is 65.4 Å². The highest BCUT2D eigenvalue weighted by atomic mass is 16.5. The third-order valence-electron chi connectivity index (χ3n) is 4.93. The summed E-state index contributed by atoms with van der Waals surface area (Å²) in [6.45, 7) is 2.91. The van der Waals surface area contributed by atoms with Crippen LogP contribution in [0.4, 0.5) is 0 Å². The maximum atomic E-state index is 11.3. The molecule has 2 aromatic carbocycles. The van der Waals surface area contributed by atoms with E-state index in [-0.39, 0.29) is 6.42 Å². The Balaban J connectivity index is 1.80. The molecule has 0 amide bonds. The van der Waals surface area contributed by atoms with Crippen molar-refractivity contribution < 1.29 is 14.6 Å². The summed E-state index contributed by atoms with van der Waals surface area (Å²) in [4.78, 5) is 11.3. The largest absolute Gasteiger partial charge is 0.497 e. The first-order chi connectivity index (χ1) is 12.6. The second-order valence-corrected chi connectivity index (χ2v) is 6.61. The summed E-state index contributed by atoms with van der Waals surface area (Å²) in [5.41, 5.74) is 4.36. The van der Waals surface area contributed by atoms with Crippen LogP contribution < -0.4 is 4.74 Å². The van der Waals surface area contributed by atoms with Gasteiger partial charge in [0.15, 0.2) is 0 Å². The topological polar surface area (TPSA) is 51.5 Å². The average Bonchev–Trinajstić information content (AvgIpc) is 2.90. The number of aromatic nitrogens is 1. The van der Waals surface area contributed by atoms with E-state index in [9.17, 15) is 9.90 Å². The van der Waals surface area contributed by atoms with Crippen LogP contribution in [-0.2, 0) is 24.2 Å². The summed E-state index contributed by atoms with van der Waals surface area (Å²) in [5, 5.41) is 10.3. The maximum Gasteiger partial charge on any atom is 0.307 e. The van der Waals surface area contributed by atoms with Crippen LogP contribution in [0.15, 0.2) is 48.5 Å². The first kappa shape index (κ1) is 18.1. The number of carbonyl (C=O) groups is 1. The van der Waals surface area contributed by atoms with E-state index in [1.807, 2.05) is 31.2 Å². The van der Waals surface area contributed by atoms with Gasteiger partial charge in [0.25, 0.3) is 0 Å². The smallest absolute Gasteiger partial charge is 0.307 e. The molecule has 26 heavy (non-hydrogen) atoms. The lowest BCUT2D eigenvalue weighted by atomic mass is 10.1. The molecule has 3 rings (SSSR count). The minimum Gasteiger partial charge on any atom is -0.497 e. The predicted molar refractivity (Wildman–Crippen MR) is 104 cm³/mol. The quantitative estimate of drug-likeness (QED) is 0.603. The molecule has 4 nitrogen and oxygen atoms in total. The zero-order valence-electron chi connectivity index (χ0n) is 15.4. The SMILES string of the molecule is COc1ccc2c(c1)c(CC(=O)O)c(C)n2CCCCc1ccccc1. The van der Waals surface area contributed by atoms with Crippen LogP contribution >= 0.6 is 0 Å². The van der Waals surface area contributed by atoms with Gasteiger partial charge in [-0.1, -0.05) is 30.3 Å². The van der Waals surface area contributed by atoms with E-state index >= 15 is 0 Å². The molecule has 4 heteroatoms. The second kappa shape index (κ2) is 8.09. The van der Waals surface area contributed by atoms with Crippen molar-refractivity contribution in [2.24, 2.45) is 0 Å². The number of aliphatic carboxylic acids is 1. The van der Waals surface area contributed by atoms with Gasteiger partial charge in [0.05, 0.1) is 13.5 Å². The highest BCUT2D eigenvalue weighted by Crippen LogP contribution is 2.30. The normalized spacial score (nSPS) is 11.0. The number of nitrogens with zero attached hydrogens (tertiary/aromatic N) is 1. The Hall–Kier alpha value is -2.75. The highest BCUT2D eigenvalue weighted by Gasteiger charge is 2.16. The van der Waals surface area contributed by atoms with Crippen LogP contribution in [0, 0.1) is 6.92 Å². The first-order valence-electron chi connectivity index (χ1n) is 9.01. The van der Waals surface area contributed by atoms with Gasteiger partial charge in [-0.15, -0.1) is 0 Å². The Kier molecular flexibility index (Phi) is 5.61. The summed E-state index contributed by atoms with van der Waals surface area (Å²) < 4.78 is 7.57. The van der Waals surface area contributed by atoms with Gasteiger partial charge in [-0.25, -0.2) is 0 Å². The Morgan fingerprint density at radius 3 is 2.58 bits per heavy atom. The number of methoxy groups -OCH3 is 1. The van der Waals surface area contributed by atoms with E-state index in [1.54, 1.807) is 7.11 Å². The number of hydrogen-bond acceptors (Lipinski definition) is 2. The fourth-order valence-corrected chi connectivity index (χ4v) is 3.56. The third kappa shape index (κ3) is 3.90. The lowest BCUT2D eigenvalue weighted by molar-refractivity contribution is -0.136. The lowest BCUT2D eigenvalue weighted by Crippen LogP contribution is -2.04. The second-order valence-electron chi connectivity index (χ2n) is 6.61. The van der Waals surface area contributed by atoms with Crippen LogP contribution in [0.25, 0.3) is 10.9 Å². The van der Waals surface area contributed by atoms with Gasteiger partial charge >= 0.3 is 5.97 Å². The first-order valence-corrected chi connectivity index (χ1v) is 9.01. The number of fused-ring (bicyclic) bond motifs is 1. The van der Waals surface area contributed by atoms with Gasteiger partial charge in [0.1, 0.15) is 5.75 Å². The molecule has 1 heterocycles. The fraction of sp³-hybridized carbons (Fsp3) is 0.318. The van der Waals surface area contributed by atoms with E-state index in [1.165, 1.54) is 5.56 Å². The van der Waals surface area contributed by atoms with E-state index in [2.05, 4.69) is 28.8 Å². The number of unbranched alkanes of at least 4 members (excludes halogenated alkanes) is 1. The number of rotatable bonds is 8. The van der Waals surface area contributed by atoms with Crippen LogP contribution in [0.2, 0.25) is 0 Å². The Morgan fingerprint density at radius 2 is 1.88 bits per heavy atom. The predicted octanol–water partition coefficient (Wildman–Crippen LogP) is 4.61. The minimum atomic E-state index is -0.806. The lowest BCUT2D eigenvalue weighted by Gasteiger charge is -2.09. The van der Waals surface area contributed by atoms with Crippen molar-refractivity contribution in [1.82, 2.24) is 4.57 Å². The molecule has 0 fully saturated rings. The number of carboxylic acids is 1. The molecule has 3 aromatic rings. The van der Waals surface area contributed by atoms with E-state index < -0.39 is 5.97 Å². The van der Waals surface area contributed by atoms with Crippen molar-refractivity contribution in [3.8, 4) is 5.75 Å². The molecule has 0 aliphatic carbocycles. The van der Waals surface area contributed by atoms with Crippen LogP contribution in [-0.4, -0.2) is 22.8 Å².